The van der Waals surface area contributed by atoms with E-state index in [-0.39, 0.29) is 79.1 Å². The van der Waals surface area contributed by atoms with Gasteiger partial charge in [-0.2, -0.15) is 0 Å². The number of nitrogens with zero attached hydrogens (tertiary/aromatic N) is 4. The van der Waals surface area contributed by atoms with Gasteiger partial charge < -0.3 is 73.5 Å². The molecule has 2 saturated heterocycles. The molecule has 2 aliphatic rings. The zero-order valence-electron chi connectivity index (χ0n) is 55.7. The molecule has 0 bridgehead atoms. The van der Waals surface area contributed by atoms with Gasteiger partial charge in [0.05, 0.1) is 61.5 Å². The third-order valence-electron chi connectivity index (χ3n) is 16.5. The number of nitrogens with two attached hydrogens (primary N) is 1. The SMILES string of the molecule is CC[C@H](C)[C@@H]([C@@H](CC(=O)N1CCC[C@H]1[C@H](OC)[C@@H](C)C(=O)N[C@H](C)[C@@H](OCN(CC)C(=O)OCc1ccc(O[C@@H]2O[C@H](C(=O)OC)[C@@H](OC(C)=O)[C@H](OC(C)=O)[C@H]2OC(C)=O)c(N)c1)c1ccccc1)OC)N(C)C(=O)[C@@H](NC(=O)[C@H](C(C)C)N(C)C)C(C)C. The molecule has 4 N–H and O–H groups in total. The third kappa shape index (κ3) is 20.2. The van der Waals surface area contributed by atoms with Crippen LogP contribution in [0.1, 0.15) is 126 Å². The number of carbonyl (C=O) groups is 9. The Morgan fingerprint density at radius 3 is 1.92 bits per heavy atom. The molecule has 26 heteroatoms. The van der Waals surface area contributed by atoms with Crippen molar-refractivity contribution in [3.8, 4) is 5.75 Å². The fourth-order valence-corrected chi connectivity index (χ4v) is 11.8. The molecule has 90 heavy (non-hydrogen) atoms. The number of hydrogen-bond donors (Lipinski definition) is 3. The predicted octanol–water partition coefficient (Wildman–Crippen LogP) is 5.17. The number of amides is 5. The van der Waals surface area contributed by atoms with Crippen molar-refractivity contribution in [2.75, 3.05) is 68.0 Å². The summed E-state index contributed by atoms with van der Waals surface area (Å²) in [6, 6.07) is 10.6. The van der Waals surface area contributed by atoms with Crippen LogP contribution < -0.4 is 21.1 Å². The molecule has 0 saturated carbocycles. The smallest absolute Gasteiger partial charge is 0.411 e. The van der Waals surface area contributed by atoms with E-state index in [1.54, 1.807) is 37.6 Å². The van der Waals surface area contributed by atoms with Crippen molar-refractivity contribution in [2.24, 2.45) is 23.7 Å². The molecule has 2 aromatic rings. The van der Waals surface area contributed by atoms with E-state index in [9.17, 15) is 43.2 Å². The second-order valence-corrected chi connectivity index (χ2v) is 24.0. The Morgan fingerprint density at radius 1 is 0.767 bits per heavy atom. The van der Waals surface area contributed by atoms with E-state index in [2.05, 4.69) is 10.6 Å². The lowest BCUT2D eigenvalue weighted by atomic mass is 9.89. The minimum atomic E-state index is -1.70. The summed E-state index contributed by atoms with van der Waals surface area (Å²) < 4.78 is 57.3. The normalized spacial score (nSPS) is 21.3. The number of methoxy groups -OCH3 is 3. The molecule has 5 amide bonds. The summed E-state index contributed by atoms with van der Waals surface area (Å²) >= 11 is 0. The van der Waals surface area contributed by atoms with Crippen LogP contribution in [0, 0.1) is 23.7 Å². The molecule has 2 heterocycles. The van der Waals surface area contributed by atoms with E-state index in [1.165, 1.54) is 37.3 Å². The van der Waals surface area contributed by atoms with E-state index in [4.69, 9.17) is 53.1 Å². The van der Waals surface area contributed by atoms with Crippen LogP contribution in [0.15, 0.2) is 48.5 Å². The summed E-state index contributed by atoms with van der Waals surface area (Å²) in [4.78, 5) is 127. The molecule has 0 unspecified atom stereocenters. The van der Waals surface area contributed by atoms with Crippen LogP contribution in [-0.2, 0) is 87.6 Å². The highest BCUT2D eigenvalue weighted by Gasteiger charge is 2.56. The number of hydrogen-bond acceptors (Lipinski definition) is 21. The summed E-state index contributed by atoms with van der Waals surface area (Å²) in [5.74, 6) is -5.82. The monoisotopic (exact) mass is 1270 g/mol. The molecule has 2 aromatic carbocycles. The Kier molecular flexibility index (Phi) is 29.7. The maximum atomic E-state index is 14.6. The van der Waals surface area contributed by atoms with Crippen molar-refractivity contribution in [1.82, 2.24) is 30.2 Å². The van der Waals surface area contributed by atoms with Gasteiger partial charge in [0.2, 0.25) is 36.0 Å². The summed E-state index contributed by atoms with van der Waals surface area (Å²) in [5, 5.41) is 6.16. The Morgan fingerprint density at radius 2 is 1.39 bits per heavy atom. The summed E-state index contributed by atoms with van der Waals surface area (Å²) in [6.45, 7) is 20.3. The van der Waals surface area contributed by atoms with Crippen molar-refractivity contribution in [1.29, 1.82) is 0 Å². The van der Waals surface area contributed by atoms with Gasteiger partial charge in [-0.1, -0.05) is 91.3 Å². The number of nitrogens with one attached hydrogen (secondary N) is 2. The molecule has 504 valence electrons. The third-order valence-corrected chi connectivity index (χ3v) is 16.5. The number of likely N-dealkylation sites (tertiary alicyclic amines) is 1. The molecule has 0 radical (unpaired) electrons. The Labute approximate surface area is 530 Å². The standard InChI is InChI=1S/C64H99N7O19/c1-19-37(7)52(69(15)61(78)50(35(3)4)67-60(77)51(36(5)6)68(13)14)48(81-16)32-49(75)71-30-24-27-46(71)53(82-17)38(8)59(76)66-39(9)54(44-25-22-21-23-26-44)85-34-70(20-2)64(80)84-33-43-28-29-47(45(65)31-43)89-63-58(88-42(12)74)56(87-41(11)73)55(86-40(10)72)57(90-63)62(79)83-18/h21-23,25-26,28-29,31,35-39,46,48,50-58,63H,19-20,24,27,30,32-34,65H2,1-18H3,(H,66,76)(H,67,77)/t37-,38+,39+,46-,48+,50-,51-,52-,53+,54+,55-,56-,57-,58+,63+/m0/s1. The van der Waals surface area contributed by atoms with Crippen LogP contribution >= 0.6 is 0 Å². The quantitative estimate of drug-likeness (QED) is 0.0368. The lowest BCUT2D eigenvalue weighted by Crippen LogP contribution is -2.64. The molecule has 2 fully saturated rings. The van der Waals surface area contributed by atoms with Crippen LogP contribution in [-0.4, -0.2) is 209 Å². The van der Waals surface area contributed by atoms with Gasteiger partial charge in [-0.15, -0.1) is 0 Å². The second-order valence-electron chi connectivity index (χ2n) is 24.0. The Bertz CT molecular complexity index is 2710. The van der Waals surface area contributed by atoms with Gasteiger partial charge in [-0.25, -0.2) is 9.59 Å². The van der Waals surface area contributed by atoms with Gasteiger partial charge in [0, 0.05) is 55.1 Å². The highest BCUT2D eigenvalue weighted by atomic mass is 16.7. The number of carbonyl (C=O) groups excluding carboxylic acids is 9. The largest absolute Gasteiger partial charge is 0.467 e. The van der Waals surface area contributed by atoms with E-state index >= 15 is 0 Å². The number of anilines is 1. The molecule has 15 atom stereocenters. The van der Waals surface area contributed by atoms with Crippen molar-refractivity contribution >= 4 is 59.3 Å². The first-order chi connectivity index (χ1) is 42.5. The highest BCUT2D eigenvalue weighted by Crippen LogP contribution is 2.35. The summed E-state index contributed by atoms with van der Waals surface area (Å²) in [6.07, 6.45) is -9.21. The molecule has 0 aromatic heterocycles. The summed E-state index contributed by atoms with van der Waals surface area (Å²) in [5.41, 5.74) is 7.54. The molecular formula is C64H99N7O19. The van der Waals surface area contributed by atoms with Gasteiger partial charge in [-0.3, -0.25) is 43.4 Å². The van der Waals surface area contributed by atoms with Crippen LogP contribution in [0.25, 0.3) is 0 Å². The molecule has 4 rings (SSSR count). The number of ether oxygens (including phenoxy) is 10. The maximum absolute atomic E-state index is 14.6. The topological polar surface area (TPSA) is 309 Å². The first kappa shape index (κ1) is 75.3. The maximum Gasteiger partial charge on any atom is 0.411 e. The zero-order valence-corrected chi connectivity index (χ0v) is 55.7. The second kappa shape index (κ2) is 35.5. The Hall–Kier alpha value is -7.13. The first-order valence-corrected chi connectivity index (χ1v) is 30.7. The van der Waals surface area contributed by atoms with Crippen molar-refractivity contribution in [2.45, 2.75) is 195 Å². The van der Waals surface area contributed by atoms with Gasteiger partial charge in [-0.05, 0) is 81.8 Å². The molecule has 0 aliphatic carbocycles. The average Bonchev–Trinajstić information content (AvgIpc) is 1.08. The number of esters is 4. The fourth-order valence-electron chi connectivity index (χ4n) is 11.8. The lowest BCUT2D eigenvalue weighted by molar-refractivity contribution is -0.282. The van der Waals surface area contributed by atoms with Crippen LogP contribution in [0.2, 0.25) is 0 Å². The number of benzene rings is 2. The molecule has 2 aliphatic heterocycles. The van der Waals surface area contributed by atoms with E-state index in [1.807, 2.05) is 90.9 Å². The minimum Gasteiger partial charge on any atom is -0.467 e. The van der Waals surface area contributed by atoms with E-state index in [0.29, 0.717) is 36.9 Å². The van der Waals surface area contributed by atoms with Crippen molar-refractivity contribution in [3.63, 3.8) is 0 Å². The van der Waals surface area contributed by atoms with Crippen LogP contribution in [0.5, 0.6) is 5.75 Å². The molecule has 0 spiro atoms. The van der Waals surface area contributed by atoms with Crippen LogP contribution in [0.3, 0.4) is 0 Å². The minimum absolute atomic E-state index is 0.00244. The fraction of sp³-hybridized carbons (Fsp3) is 0.672. The first-order valence-electron chi connectivity index (χ1n) is 30.7. The molecule has 26 nitrogen and oxygen atoms in total. The molecular weight excluding hydrogens is 1170 g/mol. The van der Waals surface area contributed by atoms with Gasteiger partial charge in [0.1, 0.15) is 31.2 Å². The van der Waals surface area contributed by atoms with Crippen molar-refractivity contribution in [3.05, 3.63) is 59.7 Å². The number of likely N-dealkylation sites (N-methyl/N-ethyl adjacent to an activating group) is 2. The highest BCUT2D eigenvalue weighted by molar-refractivity contribution is 5.90. The van der Waals surface area contributed by atoms with E-state index in [0.717, 1.165) is 27.9 Å². The summed E-state index contributed by atoms with van der Waals surface area (Å²) in [7, 11) is 9.49. The lowest BCUT2D eigenvalue weighted by Gasteiger charge is -2.43. The average molecular weight is 1270 g/mol. The van der Waals surface area contributed by atoms with Gasteiger partial charge >= 0.3 is 30.0 Å². The zero-order chi connectivity index (χ0) is 67.4. The van der Waals surface area contributed by atoms with E-state index < -0.39 is 115 Å². The van der Waals surface area contributed by atoms with Crippen LogP contribution in [0.4, 0.5) is 10.5 Å². The predicted molar refractivity (Wildman–Crippen MR) is 329 cm³/mol. The number of nitrogen functional groups attached to an aromatic ring is 1. The number of rotatable bonds is 32. The van der Waals surface area contributed by atoms with Gasteiger partial charge in [0.25, 0.3) is 0 Å². The van der Waals surface area contributed by atoms with Crippen molar-refractivity contribution < 1.29 is 90.5 Å². The van der Waals surface area contributed by atoms with Gasteiger partial charge in [0.15, 0.2) is 18.3 Å². The Balaban J connectivity index is 1.46.